The molecule has 1 N–H and O–H groups in total. The number of nitriles is 1. The van der Waals surface area contributed by atoms with Crippen LogP contribution in [0.1, 0.15) is 64.2 Å². The molecule has 2 saturated heterocycles. The largest absolute Gasteiger partial charge is 0.341 e. The Morgan fingerprint density at radius 1 is 1.13 bits per heavy atom. The minimum atomic E-state index is -0.241. The van der Waals surface area contributed by atoms with Crippen molar-refractivity contribution in [3.63, 3.8) is 0 Å². The first-order valence-electron chi connectivity index (χ1n) is 14.3. The number of likely N-dealkylation sites (tertiary alicyclic amines) is 1. The molecule has 2 heterocycles. The number of hydrogen-bond donors (Lipinski definition) is 1. The quantitative estimate of drug-likeness (QED) is 0.577. The van der Waals surface area contributed by atoms with E-state index in [9.17, 15) is 14.4 Å². The zero-order valence-corrected chi connectivity index (χ0v) is 22.6. The van der Waals surface area contributed by atoms with E-state index in [0.29, 0.717) is 23.7 Å². The summed E-state index contributed by atoms with van der Waals surface area (Å²) in [6.45, 7) is 8.20. The number of likely N-dealkylation sites (N-methyl/N-ethyl adjacent to an activating group) is 1. The fourth-order valence-corrected chi connectivity index (χ4v) is 6.37. The van der Waals surface area contributed by atoms with E-state index < -0.39 is 0 Å². The lowest BCUT2D eigenvalue weighted by Gasteiger charge is -2.45. The maximum absolute atomic E-state index is 13.7. The number of amides is 1. The van der Waals surface area contributed by atoms with Crippen molar-refractivity contribution >= 4 is 5.91 Å². The molecule has 0 aromatic heterocycles. The van der Waals surface area contributed by atoms with Gasteiger partial charge in [0.05, 0.1) is 11.6 Å². The zero-order chi connectivity index (χ0) is 26.5. The number of aryl methyl sites for hydroxylation is 1. The van der Waals surface area contributed by atoms with Crippen LogP contribution in [0.2, 0.25) is 0 Å². The molecule has 7 heteroatoms. The van der Waals surface area contributed by atoms with E-state index in [1.165, 1.54) is 25.1 Å². The molecule has 0 saturated carbocycles. The second-order valence-electron chi connectivity index (χ2n) is 11.3. The molecule has 5 rings (SSSR count). The SMILES string of the molecule is CN(C[C@@H](CCN1CC(N2CCCNCC2)C1)c1ccc(F)cc1)C(=O)c1cc(C#N)cc2c1CCCC2. The number of carbonyl (C=O) groups is 1. The number of nitrogens with one attached hydrogen (secondary N) is 1. The topological polar surface area (TPSA) is 62.6 Å². The molecule has 1 amide bonds. The highest BCUT2D eigenvalue weighted by atomic mass is 19.1. The fourth-order valence-electron chi connectivity index (χ4n) is 6.37. The number of carbonyl (C=O) groups excluding carboxylic acids is 1. The minimum Gasteiger partial charge on any atom is -0.341 e. The average Bonchev–Trinajstić information content (AvgIpc) is 3.20. The van der Waals surface area contributed by atoms with Gasteiger partial charge in [-0.3, -0.25) is 9.69 Å². The summed E-state index contributed by atoms with van der Waals surface area (Å²) in [6, 6.07) is 13.4. The van der Waals surface area contributed by atoms with Crippen LogP contribution >= 0.6 is 0 Å². The van der Waals surface area contributed by atoms with E-state index in [4.69, 9.17) is 0 Å². The van der Waals surface area contributed by atoms with E-state index in [2.05, 4.69) is 21.2 Å². The van der Waals surface area contributed by atoms with Gasteiger partial charge in [0.1, 0.15) is 5.82 Å². The summed E-state index contributed by atoms with van der Waals surface area (Å²) in [4.78, 5) is 20.6. The summed E-state index contributed by atoms with van der Waals surface area (Å²) in [5.41, 5.74) is 4.56. The third-order valence-corrected chi connectivity index (χ3v) is 8.63. The molecule has 0 radical (unpaired) electrons. The van der Waals surface area contributed by atoms with Crippen LogP contribution in [0.15, 0.2) is 36.4 Å². The fraction of sp³-hybridized carbons (Fsp3) is 0.548. The standard InChI is InChI=1S/C31H40FN5O/c1-35(31(38)30-18-23(19-33)17-25-5-2-3-6-29(25)30)20-26(24-7-9-27(32)10-8-24)11-15-36-21-28(22-36)37-14-4-12-34-13-16-37/h7-10,17-18,26,28,34H,2-6,11-16,20-22H2,1H3/t26-/m1/s1. The first-order chi connectivity index (χ1) is 18.5. The van der Waals surface area contributed by atoms with Crippen LogP contribution in [0.25, 0.3) is 0 Å². The van der Waals surface area contributed by atoms with Crippen molar-refractivity contribution in [3.8, 4) is 6.07 Å². The van der Waals surface area contributed by atoms with Crippen LogP contribution in [-0.2, 0) is 12.8 Å². The lowest BCUT2D eigenvalue weighted by molar-refractivity contribution is 0.0351. The number of rotatable bonds is 8. The van der Waals surface area contributed by atoms with Gasteiger partial charge in [-0.05, 0) is 99.1 Å². The maximum Gasteiger partial charge on any atom is 0.253 e. The Kier molecular flexibility index (Phi) is 8.73. The number of fused-ring (bicyclic) bond motifs is 1. The first-order valence-corrected chi connectivity index (χ1v) is 14.3. The van der Waals surface area contributed by atoms with Gasteiger partial charge in [0.25, 0.3) is 5.91 Å². The third kappa shape index (κ3) is 6.26. The van der Waals surface area contributed by atoms with Crippen LogP contribution < -0.4 is 5.32 Å². The van der Waals surface area contributed by atoms with Crippen LogP contribution in [0.5, 0.6) is 0 Å². The van der Waals surface area contributed by atoms with Crippen molar-refractivity contribution in [1.29, 1.82) is 5.26 Å². The Morgan fingerprint density at radius 3 is 2.71 bits per heavy atom. The average molecular weight is 518 g/mol. The van der Waals surface area contributed by atoms with Gasteiger partial charge in [0.2, 0.25) is 0 Å². The molecule has 0 unspecified atom stereocenters. The lowest BCUT2D eigenvalue weighted by Crippen LogP contribution is -2.60. The van der Waals surface area contributed by atoms with Crippen molar-refractivity contribution in [2.45, 2.75) is 50.5 Å². The summed E-state index contributed by atoms with van der Waals surface area (Å²) >= 11 is 0. The predicted molar refractivity (Wildman–Crippen MR) is 148 cm³/mol. The Bertz CT molecular complexity index is 1150. The number of nitrogens with zero attached hydrogens (tertiary/aromatic N) is 4. The number of halogens is 1. The van der Waals surface area contributed by atoms with Crippen LogP contribution in [-0.4, -0.2) is 86.1 Å². The van der Waals surface area contributed by atoms with Crippen molar-refractivity contribution in [2.24, 2.45) is 0 Å². The zero-order valence-electron chi connectivity index (χ0n) is 22.6. The molecule has 2 aromatic rings. The monoisotopic (exact) mass is 517 g/mol. The van der Waals surface area contributed by atoms with Gasteiger partial charge >= 0.3 is 0 Å². The van der Waals surface area contributed by atoms with Gasteiger partial charge in [-0.1, -0.05) is 12.1 Å². The molecule has 0 bridgehead atoms. The first kappa shape index (κ1) is 26.8. The molecule has 1 atom stereocenters. The smallest absolute Gasteiger partial charge is 0.253 e. The van der Waals surface area contributed by atoms with Crippen LogP contribution in [0.4, 0.5) is 4.39 Å². The highest BCUT2D eigenvalue weighted by molar-refractivity contribution is 5.96. The Hall–Kier alpha value is -2.79. The summed E-state index contributed by atoms with van der Waals surface area (Å²) in [7, 11) is 1.86. The molecule has 38 heavy (non-hydrogen) atoms. The molecular formula is C31H40FN5O. The highest BCUT2D eigenvalue weighted by Gasteiger charge is 2.32. The van der Waals surface area contributed by atoms with Gasteiger partial charge in [0, 0.05) is 57.3 Å². The normalized spacial score (nSPS) is 19.6. The molecule has 3 aliphatic rings. The molecule has 1 aliphatic carbocycles. The van der Waals surface area contributed by atoms with Crippen molar-refractivity contribution in [1.82, 2.24) is 20.0 Å². The molecule has 2 aliphatic heterocycles. The molecule has 0 spiro atoms. The van der Waals surface area contributed by atoms with Gasteiger partial charge in [0.15, 0.2) is 0 Å². The summed E-state index contributed by atoms with van der Waals surface area (Å²) in [6.07, 6.45) is 6.12. The van der Waals surface area contributed by atoms with Crippen molar-refractivity contribution < 1.29 is 9.18 Å². The maximum atomic E-state index is 13.7. The summed E-state index contributed by atoms with van der Waals surface area (Å²) in [5.74, 6) is -0.151. The molecule has 202 valence electrons. The van der Waals surface area contributed by atoms with Gasteiger partial charge < -0.3 is 15.1 Å². The van der Waals surface area contributed by atoms with E-state index in [0.717, 1.165) is 88.1 Å². The Morgan fingerprint density at radius 2 is 1.92 bits per heavy atom. The summed E-state index contributed by atoms with van der Waals surface area (Å²) in [5, 5.41) is 13.0. The second-order valence-corrected chi connectivity index (χ2v) is 11.3. The Labute approximate surface area is 226 Å². The van der Waals surface area contributed by atoms with Crippen LogP contribution in [0, 0.1) is 17.1 Å². The van der Waals surface area contributed by atoms with E-state index in [1.54, 1.807) is 6.07 Å². The van der Waals surface area contributed by atoms with Gasteiger partial charge in [-0.15, -0.1) is 0 Å². The van der Waals surface area contributed by atoms with E-state index in [-0.39, 0.29) is 17.6 Å². The summed E-state index contributed by atoms with van der Waals surface area (Å²) < 4.78 is 13.7. The molecular weight excluding hydrogens is 477 g/mol. The second kappa shape index (κ2) is 12.4. The van der Waals surface area contributed by atoms with Crippen molar-refractivity contribution in [2.75, 3.05) is 59.4 Å². The Balaban J connectivity index is 1.25. The molecule has 2 aromatic carbocycles. The predicted octanol–water partition coefficient (Wildman–Crippen LogP) is 3.80. The molecule has 6 nitrogen and oxygen atoms in total. The minimum absolute atomic E-state index is 0.0221. The van der Waals surface area contributed by atoms with Crippen LogP contribution in [0.3, 0.4) is 0 Å². The number of benzene rings is 2. The lowest BCUT2D eigenvalue weighted by atomic mass is 9.86. The number of hydrogen-bond acceptors (Lipinski definition) is 5. The highest BCUT2D eigenvalue weighted by Crippen LogP contribution is 2.29. The van der Waals surface area contributed by atoms with Gasteiger partial charge in [-0.25, -0.2) is 4.39 Å². The van der Waals surface area contributed by atoms with Gasteiger partial charge in [-0.2, -0.15) is 5.26 Å². The third-order valence-electron chi connectivity index (χ3n) is 8.63. The van der Waals surface area contributed by atoms with Crippen molar-refractivity contribution in [3.05, 3.63) is 70.0 Å². The molecule has 2 fully saturated rings. The van der Waals surface area contributed by atoms with E-state index >= 15 is 0 Å². The van der Waals surface area contributed by atoms with E-state index in [1.807, 2.05) is 30.1 Å².